The average Bonchev–Trinajstić information content (AvgIpc) is 3.11. The van der Waals surface area contributed by atoms with Crippen molar-refractivity contribution in [1.82, 2.24) is 10.2 Å². The Balaban J connectivity index is 1.68. The summed E-state index contributed by atoms with van der Waals surface area (Å²) in [5.74, 6) is -0.559. The zero-order valence-electron chi connectivity index (χ0n) is 15.4. The maximum absolute atomic E-state index is 13.5. The number of aryl methyl sites for hydroxylation is 1. The molecule has 27 heavy (non-hydrogen) atoms. The fraction of sp³-hybridized carbons (Fsp3) is 0.333. The number of hydrogen-bond acceptors (Lipinski definition) is 3. The van der Waals surface area contributed by atoms with Gasteiger partial charge in [0.2, 0.25) is 11.8 Å². The Morgan fingerprint density at radius 2 is 1.93 bits per heavy atom. The van der Waals surface area contributed by atoms with Crippen LogP contribution in [0.4, 0.5) is 10.1 Å². The third kappa shape index (κ3) is 4.45. The number of hydrogen-bond donors (Lipinski definition) is 2. The number of nitrogens with zero attached hydrogens (tertiary/aromatic N) is 1. The van der Waals surface area contributed by atoms with Gasteiger partial charge in [0.15, 0.2) is 0 Å². The molecular weight excluding hydrogens is 345 g/mol. The van der Waals surface area contributed by atoms with E-state index in [0.717, 1.165) is 5.56 Å². The number of anilines is 1. The molecule has 1 unspecified atom stereocenters. The number of rotatable bonds is 6. The van der Waals surface area contributed by atoms with Gasteiger partial charge in [-0.05, 0) is 36.6 Å². The Morgan fingerprint density at radius 3 is 2.63 bits per heavy atom. The molecule has 1 saturated heterocycles. The first-order chi connectivity index (χ1) is 13.0. The molecular formula is C21H24FN3O2. The summed E-state index contributed by atoms with van der Waals surface area (Å²) in [4.78, 5) is 26.9. The molecule has 0 aromatic heterocycles. The van der Waals surface area contributed by atoms with Crippen molar-refractivity contribution in [3.8, 4) is 0 Å². The van der Waals surface area contributed by atoms with Crippen LogP contribution >= 0.6 is 0 Å². The molecule has 2 N–H and O–H groups in total. The normalized spacial score (nSPS) is 19.0. The lowest BCUT2D eigenvalue weighted by Crippen LogP contribution is -2.54. The van der Waals surface area contributed by atoms with E-state index in [1.165, 1.54) is 12.1 Å². The van der Waals surface area contributed by atoms with Crippen molar-refractivity contribution in [1.29, 1.82) is 0 Å². The summed E-state index contributed by atoms with van der Waals surface area (Å²) in [6, 6.07) is 15.9. The number of amides is 2. The average molecular weight is 369 g/mol. The number of likely N-dealkylation sites (N-methyl/N-ethyl adjacent to an activating group) is 1. The first kappa shape index (κ1) is 18.9. The fourth-order valence-electron chi connectivity index (χ4n) is 3.50. The van der Waals surface area contributed by atoms with Crippen LogP contribution < -0.4 is 10.6 Å². The van der Waals surface area contributed by atoms with E-state index in [1.54, 1.807) is 24.1 Å². The molecule has 142 valence electrons. The van der Waals surface area contributed by atoms with Crippen LogP contribution in [0.2, 0.25) is 0 Å². The van der Waals surface area contributed by atoms with Gasteiger partial charge in [0, 0.05) is 25.7 Å². The van der Waals surface area contributed by atoms with Crippen LogP contribution in [0.5, 0.6) is 0 Å². The highest BCUT2D eigenvalue weighted by atomic mass is 19.1. The minimum absolute atomic E-state index is 0.0191. The van der Waals surface area contributed by atoms with Gasteiger partial charge in [-0.3, -0.25) is 9.59 Å². The van der Waals surface area contributed by atoms with Crippen molar-refractivity contribution < 1.29 is 14.0 Å². The summed E-state index contributed by atoms with van der Waals surface area (Å²) in [7, 11) is 1.57. The van der Waals surface area contributed by atoms with Crippen LogP contribution in [0.25, 0.3) is 0 Å². The van der Waals surface area contributed by atoms with E-state index in [1.807, 2.05) is 30.3 Å². The second-order valence-corrected chi connectivity index (χ2v) is 6.85. The first-order valence-corrected chi connectivity index (χ1v) is 9.10. The molecule has 1 aliphatic rings. The quantitative estimate of drug-likeness (QED) is 0.823. The van der Waals surface area contributed by atoms with Crippen molar-refractivity contribution in [2.75, 3.05) is 25.5 Å². The topological polar surface area (TPSA) is 61.4 Å². The number of nitrogens with one attached hydrogen (secondary N) is 2. The van der Waals surface area contributed by atoms with Gasteiger partial charge in [0.25, 0.3) is 0 Å². The number of carbonyl (C=O) groups is 2. The Hall–Kier alpha value is -2.89. The maximum atomic E-state index is 13.5. The predicted molar refractivity (Wildman–Crippen MR) is 103 cm³/mol. The third-order valence-corrected chi connectivity index (χ3v) is 4.96. The first-order valence-electron chi connectivity index (χ1n) is 9.10. The summed E-state index contributed by atoms with van der Waals surface area (Å²) < 4.78 is 13.5. The smallest absolute Gasteiger partial charge is 0.247 e. The molecule has 0 aliphatic carbocycles. The molecule has 2 amide bonds. The predicted octanol–water partition coefficient (Wildman–Crippen LogP) is 2.59. The minimum Gasteiger partial charge on any atom is -0.370 e. The molecule has 1 heterocycles. The van der Waals surface area contributed by atoms with Crippen molar-refractivity contribution >= 4 is 17.5 Å². The number of carbonyl (C=O) groups excluding carboxylic acids is 2. The molecule has 2 aromatic carbocycles. The lowest BCUT2D eigenvalue weighted by Gasteiger charge is -2.30. The largest absolute Gasteiger partial charge is 0.370 e. The highest BCUT2D eigenvalue weighted by Crippen LogP contribution is 2.28. The SMILES string of the molecule is CNC(=O)C1(Nc2cccc(F)c2)CCN(C(=O)CCc2ccccc2)C1. The minimum atomic E-state index is -0.953. The number of likely N-dealkylation sites (tertiary alicyclic amines) is 1. The van der Waals surface area contributed by atoms with Crippen LogP contribution in [-0.4, -0.2) is 42.4 Å². The Labute approximate surface area is 158 Å². The van der Waals surface area contributed by atoms with Crippen LogP contribution in [0, 0.1) is 5.82 Å². The molecule has 6 heteroatoms. The van der Waals surface area contributed by atoms with Gasteiger partial charge in [-0.1, -0.05) is 36.4 Å². The summed E-state index contributed by atoms with van der Waals surface area (Å²) in [6.45, 7) is 0.750. The van der Waals surface area contributed by atoms with Gasteiger partial charge >= 0.3 is 0 Å². The van der Waals surface area contributed by atoms with Gasteiger partial charge in [-0.2, -0.15) is 0 Å². The third-order valence-electron chi connectivity index (χ3n) is 4.96. The second-order valence-electron chi connectivity index (χ2n) is 6.85. The van der Waals surface area contributed by atoms with E-state index in [9.17, 15) is 14.0 Å². The van der Waals surface area contributed by atoms with Gasteiger partial charge in [-0.25, -0.2) is 4.39 Å². The highest BCUT2D eigenvalue weighted by molar-refractivity contribution is 5.91. The lowest BCUT2D eigenvalue weighted by atomic mass is 9.96. The van der Waals surface area contributed by atoms with Gasteiger partial charge < -0.3 is 15.5 Å². The summed E-state index contributed by atoms with van der Waals surface area (Å²) in [5.41, 5.74) is 0.683. The Kier molecular flexibility index (Phi) is 5.74. The van der Waals surface area contributed by atoms with Crippen LogP contribution in [0.1, 0.15) is 18.4 Å². The van der Waals surface area contributed by atoms with Crippen LogP contribution in [0.3, 0.4) is 0 Å². The zero-order chi connectivity index (χ0) is 19.3. The van der Waals surface area contributed by atoms with Crippen molar-refractivity contribution in [3.05, 3.63) is 66.0 Å². The second kappa shape index (κ2) is 8.20. The number of benzene rings is 2. The molecule has 2 aromatic rings. The maximum Gasteiger partial charge on any atom is 0.247 e. The molecule has 1 aliphatic heterocycles. The Morgan fingerprint density at radius 1 is 1.15 bits per heavy atom. The van der Waals surface area contributed by atoms with Crippen molar-refractivity contribution in [2.24, 2.45) is 0 Å². The lowest BCUT2D eigenvalue weighted by molar-refractivity contribution is -0.130. The van der Waals surface area contributed by atoms with E-state index in [-0.39, 0.29) is 24.2 Å². The van der Waals surface area contributed by atoms with Crippen LogP contribution in [0.15, 0.2) is 54.6 Å². The van der Waals surface area contributed by atoms with E-state index < -0.39 is 5.54 Å². The standard InChI is InChI=1S/C21H24FN3O2/c1-23-20(27)21(24-18-9-5-8-17(22)14-18)12-13-25(15-21)19(26)11-10-16-6-3-2-4-7-16/h2-9,14,24H,10-13,15H2,1H3,(H,23,27). The van der Waals surface area contributed by atoms with Gasteiger partial charge in [0.1, 0.15) is 11.4 Å². The van der Waals surface area contributed by atoms with Crippen molar-refractivity contribution in [3.63, 3.8) is 0 Å². The van der Waals surface area contributed by atoms with E-state index in [2.05, 4.69) is 10.6 Å². The number of halogens is 1. The molecule has 1 atom stereocenters. The van der Waals surface area contributed by atoms with Crippen LogP contribution in [-0.2, 0) is 16.0 Å². The molecule has 0 radical (unpaired) electrons. The summed E-state index contributed by atoms with van der Waals surface area (Å²) in [6.07, 6.45) is 1.54. The van der Waals surface area contributed by atoms with Crippen molar-refractivity contribution in [2.45, 2.75) is 24.8 Å². The van der Waals surface area contributed by atoms with E-state index >= 15 is 0 Å². The molecule has 3 rings (SSSR count). The van der Waals surface area contributed by atoms with Gasteiger partial charge in [-0.15, -0.1) is 0 Å². The fourth-order valence-corrected chi connectivity index (χ4v) is 3.50. The summed E-state index contributed by atoms with van der Waals surface area (Å²) in [5, 5.41) is 5.83. The van der Waals surface area contributed by atoms with E-state index in [0.29, 0.717) is 31.5 Å². The zero-order valence-corrected chi connectivity index (χ0v) is 15.4. The Bertz CT molecular complexity index is 812. The monoisotopic (exact) mass is 369 g/mol. The summed E-state index contributed by atoms with van der Waals surface area (Å²) >= 11 is 0. The molecule has 5 nitrogen and oxygen atoms in total. The molecule has 0 saturated carbocycles. The highest BCUT2D eigenvalue weighted by Gasteiger charge is 2.45. The molecule has 1 fully saturated rings. The van der Waals surface area contributed by atoms with Gasteiger partial charge in [0.05, 0.1) is 6.54 Å². The molecule has 0 spiro atoms. The van der Waals surface area contributed by atoms with E-state index in [4.69, 9.17) is 0 Å². The molecule has 0 bridgehead atoms.